The quantitative estimate of drug-likeness (QED) is 0.717. The predicted octanol–water partition coefficient (Wildman–Crippen LogP) is 0.655. The van der Waals surface area contributed by atoms with Crippen LogP contribution >= 0.6 is 0 Å². The molecular weight excluding hydrogens is 370 g/mol. The van der Waals surface area contributed by atoms with Crippen LogP contribution in [0.5, 0.6) is 5.75 Å². The van der Waals surface area contributed by atoms with Gasteiger partial charge in [-0.15, -0.1) is 5.10 Å². The summed E-state index contributed by atoms with van der Waals surface area (Å²) in [6.07, 6.45) is 3.27. The molecule has 10 heteroatoms. The summed E-state index contributed by atoms with van der Waals surface area (Å²) in [5.74, 6) is 0.647. The number of ether oxygens (including phenoxy) is 1. The summed E-state index contributed by atoms with van der Waals surface area (Å²) >= 11 is 0. The summed E-state index contributed by atoms with van der Waals surface area (Å²) < 4.78 is 33.6. The van der Waals surface area contributed by atoms with Crippen molar-refractivity contribution in [1.29, 1.82) is 0 Å². The Kier molecular flexibility index (Phi) is 4.60. The third kappa shape index (κ3) is 3.42. The number of nitrogens with zero attached hydrogens (tertiary/aromatic N) is 5. The van der Waals surface area contributed by atoms with Gasteiger partial charge in [-0.25, -0.2) is 13.1 Å². The maximum atomic E-state index is 12.7. The average Bonchev–Trinajstić information content (AvgIpc) is 3.23. The van der Waals surface area contributed by atoms with Crippen molar-refractivity contribution in [2.45, 2.75) is 30.3 Å². The number of hydrogen-bond acceptors (Lipinski definition) is 6. The minimum absolute atomic E-state index is 0.0547. The molecule has 1 amide bonds. The Labute approximate surface area is 157 Å². The van der Waals surface area contributed by atoms with Gasteiger partial charge in [0.15, 0.2) is 0 Å². The molecule has 2 aliphatic heterocycles. The van der Waals surface area contributed by atoms with Crippen LogP contribution in [-0.2, 0) is 21.4 Å². The number of benzene rings is 1. The lowest BCUT2D eigenvalue weighted by Gasteiger charge is -2.37. The molecule has 2 aromatic rings. The largest absolute Gasteiger partial charge is 0.497 e. The van der Waals surface area contributed by atoms with Crippen LogP contribution in [0.2, 0.25) is 0 Å². The average molecular weight is 391 g/mol. The van der Waals surface area contributed by atoms with Gasteiger partial charge in [0.2, 0.25) is 15.9 Å². The molecule has 2 aliphatic rings. The highest BCUT2D eigenvalue weighted by atomic mass is 32.2. The van der Waals surface area contributed by atoms with E-state index >= 15 is 0 Å². The highest BCUT2D eigenvalue weighted by molar-refractivity contribution is 7.89. The summed E-state index contributed by atoms with van der Waals surface area (Å²) in [6.45, 7) is 1.88. The predicted molar refractivity (Wildman–Crippen MR) is 95.5 cm³/mol. The molecule has 144 valence electrons. The Morgan fingerprint density at radius 1 is 1.30 bits per heavy atom. The second kappa shape index (κ2) is 6.93. The fourth-order valence-corrected chi connectivity index (χ4v) is 4.87. The van der Waals surface area contributed by atoms with Gasteiger partial charge in [0.05, 0.1) is 30.8 Å². The maximum Gasteiger partial charge on any atom is 0.243 e. The van der Waals surface area contributed by atoms with Gasteiger partial charge in [-0.05, 0) is 18.6 Å². The minimum Gasteiger partial charge on any atom is -0.497 e. The molecule has 2 fully saturated rings. The fourth-order valence-electron chi connectivity index (χ4n) is 3.32. The molecule has 27 heavy (non-hydrogen) atoms. The summed E-state index contributed by atoms with van der Waals surface area (Å²) in [6, 6.07) is 6.39. The molecule has 1 aromatic heterocycles. The molecule has 0 spiro atoms. The Morgan fingerprint density at radius 3 is 2.81 bits per heavy atom. The normalized spacial score (nSPS) is 18.7. The van der Waals surface area contributed by atoms with Gasteiger partial charge in [0.1, 0.15) is 11.4 Å². The fraction of sp³-hybridized carbons (Fsp3) is 0.471. The molecule has 4 rings (SSSR count). The van der Waals surface area contributed by atoms with Gasteiger partial charge in [0.25, 0.3) is 0 Å². The Bertz CT molecular complexity index is 952. The van der Waals surface area contributed by atoms with E-state index in [1.165, 1.54) is 17.5 Å². The molecule has 3 heterocycles. The Hall–Kier alpha value is -2.46. The number of rotatable bonds is 6. The van der Waals surface area contributed by atoms with E-state index in [1.807, 2.05) is 0 Å². The van der Waals surface area contributed by atoms with Crippen LogP contribution in [0.1, 0.15) is 24.6 Å². The molecule has 9 nitrogen and oxygen atoms in total. The van der Waals surface area contributed by atoms with Crippen LogP contribution in [0.3, 0.4) is 0 Å². The van der Waals surface area contributed by atoms with Gasteiger partial charge in [-0.3, -0.25) is 4.79 Å². The van der Waals surface area contributed by atoms with E-state index in [0.717, 1.165) is 18.7 Å². The van der Waals surface area contributed by atoms with Gasteiger partial charge >= 0.3 is 0 Å². The molecule has 0 unspecified atom stereocenters. The van der Waals surface area contributed by atoms with Crippen molar-refractivity contribution in [2.24, 2.45) is 0 Å². The monoisotopic (exact) mass is 391 g/mol. The first-order chi connectivity index (χ1) is 13.0. The number of aromatic nitrogens is 3. The number of carbonyl (C=O) groups is 1. The van der Waals surface area contributed by atoms with Crippen LogP contribution in [-0.4, -0.2) is 65.3 Å². The topological polar surface area (TPSA) is 97.6 Å². The number of amides is 1. The van der Waals surface area contributed by atoms with E-state index in [2.05, 4.69) is 10.3 Å². The van der Waals surface area contributed by atoms with Crippen LogP contribution < -0.4 is 4.74 Å². The van der Waals surface area contributed by atoms with Crippen molar-refractivity contribution in [3.63, 3.8) is 0 Å². The molecule has 0 N–H and O–H groups in total. The Balaban J connectivity index is 1.39. The maximum absolute atomic E-state index is 12.7. The number of hydrogen-bond donors (Lipinski definition) is 0. The van der Waals surface area contributed by atoms with E-state index in [1.54, 1.807) is 34.0 Å². The number of carbonyl (C=O) groups excluding carboxylic acids is 1. The standard InChI is InChI=1S/C17H21N5O4S/c1-26-15-4-2-5-16(8-15)27(24,25)21-11-14(12-21)22-10-13(18-19-22)9-20-7-3-6-17(20)23/h2,4-5,8,10,14H,3,6-7,9,11-12H2,1H3. The zero-order valence-corrected chi connectivity index (χ0v) is 15.8. The van der Waals surface area contributed by atoms with Gasteiger partial charge < -0.3 is 9.64 Å². The van der Waals surface area contributed by atoms with Crippen LogP contribution in [0.15, 0.2) is 35.4 Å². The molecule has 0 radical (unpaired) electrons. The SMILES string of the molecule is COc1cccc(S(=O)(=O)N2CC(n3cc(CN4CCCC4=O)nn3)C2)c1. The van der Waals surface area contributed by atoms with Crippen molar-refractivity contribution in [3.05, 3.63) is 36.2 Å². The second-order valence-electron chi connectivity index (χ2n) is 6.76. The summed E-state index contributed by atoms with van der Waals surface area (Å²) in [5.41, 5.74) is 0.722. The molecule has 0 bridgehead atoms. The minimum atomic E-state index is -3.56. The van der Waals surface area contributed by atoms with Crippen LogP contribution in [0.25, 0.3) is 0 Å². The smallest absolute Gasteiger partial charge is 0.243 e. The molecule has 0 aliphatic carbocycles. The van der Waals surface area contributed by atoms with E-state index in [9.17, 15) is 13.2 Å². The van der Waals surface area contributed by atoms with E-state index in [0.29, 0.717) is 31.8 Å². The van der Waals surface area contributed by atoms with E-state index < -0.39 is 10.0 Å². The Morgan fingerprint density at radius 2 is 2.11 bits per heavy atom. The first-order valence-corrected chi connectivity index (χ1v) is 10.2. The van der Waals surface area contributed by atoms with Crippen LogP contribution in [0.4, 0.5) is 0 Å². The molecule has 2 saturated heterocycles. The van der Waals surface area contributed by atoms with Gasteiger partial charge in [-0.2, -0.15) is 4.31 Å². The first-order valence-electron chi connectivity index (χ1n) is 8.80. The lowest BCUT2D eigenvalue weighted by Crippen LogP contribution is -2.50. The summed E-state index contributed by atoms with van der Waals surface area (Å²) in [4.78, 5) is 13.7. The van der Waals surface area contributed by atoms with E-state index in [4.69, 9.17) is 4.74 Å². The lowest BCUT2D eigenvalue weighted by molar-refractivity contribution is -0.128. The van der Waals surface area contributed by atoms with Crippen molar-refractivity contribution in [2.75, 3.05) is 26.7 Å². The number of sulfonamides is 1. The zero-order valence-electron chi connectivity index (χ0n) is 15.0. The summed E-state index contributed by atoms with van der Waals surface area (Å²) in [5, 5.41) is 8.23. The first kappa shape index (κ1) is 17.9. The summed E-state index contributed by atoms with van der Waals surface area (Å²) in [7, 11) is -2.05. The molecule has 0 saturated carbocycles. The highest BCUT2D eigenvalue weighted by Gasteiger charge is 2.38. The third-order valence-corrected chi connectivity index (χ3v) is 6.79. The highest BCUT2D eigenvalue weighted by Crippen LogP contribution is 2.29. The molecule has 0 atom stereocenters. The molecule has 1 aromatic carbocycles. The lowest BCUT2D eigenvalue weighted by atomic mass is 10.2. The number of methoxy groups -OCH3 is 1. The van der Waals surface area contributed by atoms with Crippen molar-refractivity contribution >= 4 is 15.9 Å². The molecular formula is C17H21N5O4S. The second-order valence-corrected chi connectivity index (χ2v) is 8.70. The van der Waals surface area contributed by atoms with Crippen LogP contribution in [0, 0.1) is 0 Å². The van der Waals surface area contributed by atoms with Crippen molar-refractivity contribution in [1.82, 2.24) is 24.2 Å². The number of likely N-dealkylation sites (tertiary alicyclic amines) is 1. The zero-order chi connectivity index (χ0) is 19.0. The van der Waals surface area contributed by atoms with Crippen molar-refractivity contribution in [3.8, 4) is 5.75 Å². The van der Waals surface area contributed by atoms with Gasteiger partial charge in [-0.1, -0.05) is 11.3 Å². The van der Waals surface area contributed by atoms with Gasteiger partial charge in [0, 0.05) is 32.1 Å². The van der Waals surface area contributed by atoms with E-state index in [-0.39, 0.29) is 16.8 Å². The third-order valence-electron chi connectivity index (χ3n) is 4.96. The van der Waals surface area contributed by atoms with Crippen molar-refractivity contribution < 1.29 is 17.9 Å².